The minimum atomic E-state index is 0.249. The summed E-state index contributed by atoms with van der Waals surface area (Å²) < 4.78 is 5.54. The van der Waals surface area contributed by atoms with Crippen LogP contribution in [0.25, 0.3) is 0 Å². The fraction of sp³-hybridized carbons (Fsp3) is 1.00. The predicted molar refractivity (Wildman–Crippen MR) is 58.0 cm³/mol. The maximum absolute atomic E-state index is 5.54. The van der Waals surface area contributed by atoms with Crippen LogP contribution in [0, 0.1) is 5.41 Å². The standard InChI is InChI=1S/C11H25NO/c1-6-7-13-9-11(4,5)8-12-10(2)3/h10,12H,6-9H2,1-5H3. The van der Waals surface area contributed by atoms with Gasteiger partial charge in [-0.25, -0.2) is 0 Å². The number of rotatable bonds is 7. The van der Waals surface area contributed by atoms with E-state index in [0.717, 1.165) is 26.2 Å². The van der Waals surface area contributed by atoms with E-state index in [1.807, 2.05) is 0 Å². The van der Waals surface area contributed by atoms with Crippen LogP contribution in [-0.4, -0.2) is 25.8 Å². The van der Waals surface area contributed by atoms with Crippen molar-refractivity contribution in [3.05, 3.63) is 0 Å². The van der Waals surface area contributed by atoms with Gasteiger partial charge in [0, 0.05) is 24.6 Å². The fourth-order valence-electron chi connectivity index (χ4n) is 1.02. The Balaban J connectivity index is 3.54. The van der Waals surface area contributed by atoms with Crippen molar-refractivity contribution >= 4 is 0 Å². The van der Waals surface area contributed by atoms with E-state index in [0.29, 0.717) is 6.04 Å². The Hall–Kier alpha value is -0.0800. The molecule has 0 spiro atoms. The first-order valence-electron chi connectivity index (χ1n) is 5.29. The first-order chi connectivity index (χ1) is 5.98. The molecule has 0 atom stereocenters. The zero-order valence-electron chi connectivity index (χ0n) is 9.81. The Morgan fingerprint density at radius 1 is 1.31 bits per heavy atom. The van der Waals surface area contributed by atoms with Crippen molar-refractivity contribution in [3.63, 3.8) is 0 Å². The van der Waals surface area contributed by atoms with Gasteiger partial charge >= 0.3 is 0 Å². The topological polar surface area (TPSA) is 21.3 Å². The van der Waals surface area contributed by atoms with E-state index in [-0.39, 0.29) is 5.41 Å². The molecule has 0 heterocycles. The predicted octanol–water partition coefficient (Wildman–Crippen LogP) is 2.44. The molecule has 0 aromatic carbocycles. The Kier molecular flexibility index (Phi) is 6.35. The van der Waals surface area contributed by atoms with E-state index in [1.165, 1.54) is 0 Å². The largest absolute Gasteiger partial charge is 0.381 e. The Bertz CT molecular complexity index is 121. The molecule has 0 aliphatic rings. The van der Waals surface area contributed by atoms with Crippen LogP contribution in [-0.2, 0) is 4.74 Å². The van der Waals surface area contributed by atoms with Crippen LogP contribution in [0.4, 0.5) is 0 Å². The molecule has 0 unspecified atom stereocenters. The second-order valence-electron chi connectivity index (χ2n) is 4.75. The summed E-state index contributed by atoms with van der Waals surface area (Å²) in [5, 5.41) is 3.43. The van der Waals surface area contributed by atoms with Crippen molar-refractivity contribution in [1.82, 2.24) is 5.32 Å². The molecule has 13 heavy (non-hydrogen) atoms. The van der Waals surface area contributed by atoms with Gasteiger partial charge in [0.2, 0.25) is 0 Å². The van der Waals surface area contributed by atoms with E-state index in [1.54, 1.807) is 0 Å². The molecule has 0 bridgehead atoms. The highest BCUT2D eigenvalue weighted by molar-refractivity contribution is 4.72. The van der Waals surface area contributed by atoms with Crippen LogP contribution < -0.4 is 5.32 Å². The molecule has 0 saturated heterocycles. The summed E-state index contributed by atoms with van der Waals surface area (Å²) in [5.41, 5.74) is 0.249. The lowest BCUT2D eigenvalue weighted by molar-refractivity contribution is 0.0616. The lowest BCUT2D eigenvalue weighted by Gasteiger charge is -2.26. The smallest absolute Gasteiger partial charge is 0.0529 e. The zero-order chi connectivity index (χ0) is 10.3. The summed E-state index contributed by atoms with van der Waals surface area (Å²) in [7, 11) is 0. The minimum Gasteiger partial charge on any atom is -0.381 e. The molecule has 0 aliphatic heterocycles. The molecule has 0 fully saturated rings. The van der Waals surface area contributed by atoms with E-state index in [9.17, 15) is 0 Å². The third-order valence-electron chi connectivity index (χ3n) is 1.83. The van der Waals surface area contributed by atoms with Crippen LogP contribution in [0.2, 0.25) is 0 Å². The van der Waals surface area contributed by atoms with Gasteiger partial charge in [0.1, 0.15) is 0 Å². The molecular weight excluding hydrogens is 162 g/mol. The lowest BCUT2D eigenvalue weighted by Crippen LogP contribution is -2.36. The Labute approximate surface area is 83.1 Å². The molecule has 80 valence electrons. The second kappa shape index (κ2) is 6.39. The van der Waals surface area contributed by atoms with Crippen LogP contribution in [0.3, 0.4) is 0 Å². The number of ether oxygens (including phenoxy) is 1. The van der Waals surface area contributed by atoms with Crippen molar-refractivity contribution in [2.24, 2.45) is 5.41 Å². The van der Waals surface area contributed by atoms with E-state index >= 15 is 0 Å². The molecule has 2 nitrogen and oxygen atoms in total. The van der Waals surface area contributed by atoms with Gasteiger partial charge in [-0.05, 0) is 6.42 Å². The number of hydrogen-bond donors (Lipinski definition) is 1. The van der Waals surface area contributed by atoms with Gasteiger partial charge in [-0.1, -0.05) is 34.6 Å². The molecule has 0 aromatic heterocycles. The van der Waals surface area contributed by atoms with Gasteiger partial charge < -0.3 is 10.1 Å². The normalized spacial score (nSPS) is 12.5. The molecule has 0 rings (SSSR count). The van der Waals surface area contributed by atoms with Crippen molar-refractivity contribution in [3.8, 4) is 0 Å². The summed E-state index contributed by atoms with van der Waals surface area (Å²) >= 11 is 0. The monoisotopic (exact) mass is 187 g/mol. The Morgan fingerprint density at radius 3 is 2.38 bits per heavy atom. The summed E-state index contributed by atoms with van der Waals surface area (Å²) in [6.45, 7) is 13.7. The highest BCUT2D eigenvalue weighted by Gasteiger charge is 2.17. The van der Waals surface area contributed by atoms with Crippen molar-refractivity contribution in [1.29, 1.82) is 0 Å². The molecule has 2 heteroatoms. The molecule has 0 radical (unpaired) electrons. The van der Waals surface area contributed by atoms with Crippen molar-refractivity contribution in [2.45, 2.75) is 47.1 Å². The van der Waals surface area contributed by atoms with Gasteiger partial charge in [-0.3, -0.25) is 0 Å². The third-order valence-corrected chi connectivity index (χ3v) is 1.83. The van der Waals surface area contributed by atoms with Crippen LogP contribution in [0.5, 0.6) is 0 Å². The second-order valence-corrected chi connectivity index (χ2v) is 4.75. The van der Waals surface area contributed by atoms with Crippen LogP contribution in [0.1, 0.15) is 41.0 Å². The molecule has 1 N–H and O–H groups in total. The highest BCUT2D eigenvalue weighted by Crippen LogP contribution is 2.14. The van der Waals surface area contributed by atoms with E-state index < -0.39 is 0 Å². The van der Waals surface area contributed by atoms with Gasteiger partial charge in [-0.15, -0.1) is 0 Å². The van der Waals surface area contributed by atoms with Gasteiger partial charge in [0.05, 0.1) is 6.61 Å². The van der Waals surface area contributed by atoms with Gasteiger partial charge in [-0.2, -0.15) is 0 Å². The van der Waals surface area contributed by atoms with Gasteiger partial charge in [0.15, 0.2) is 0 Å². The molecule has 0 amide bonds. The molecule has 0 aromatic rings. The quantitative estimate of drug-likeness (QED) is 0.618. The van der Waals surface area contributed by atoms with Crippen LogP contribution in [0.15, 0.2) is 0 Å². The maximum atomic E-state index is 5.54. The van der Waals surface area contributed by atoms with E-state index in [2.05, 4.69) is 39.9 Å². The van der Waals surface area contributed by atoms with E-state index in [4.69, 9.17) is 4.74 Å². The number of hydrogen-bond acceptors (Lipinski definition) is 2. The zero-order valence-corrected chi connectivity index (χ0v) is 9.81. The summed E-state index contributed by atoms with van der Waals surface area (Å²) in [5.74, 6) is 0. The molecule has 0 aliphatic carbocycles. The SMILES string of the molecule is CCCOCC(C)(C)CNC(C)C. The molecule has 0 saturated carbocycles. The van der Waals surface area contributed by atoms with Crippen molar-refractivity contribution < 1.29 is 4.74 Å². The molecular formula is C11H25NO. The Morgan fingerprint density at radius 2 is 1.92 bits per heavy atom. The van der Waals surface area contributed by atoms with Crippen LogP contribution >= 0.6 is 0 Å². The number of nitrogens with one attached hydrogen (secondary N) is 1. The minimum absolute atomic E-state index is 0.249. The average Bonchev–Trinajstić information content (AvgIpc) is 2.02. The summed E-state index contributed by atoms with van der Waals surface area (Å²) in [6, 6.07) is 0.561. The summed E-state index contributed by atoms with van der Waals surface area (Å²) in [6.07, 6.45) is 1.10. The van der Waals surface area contributed by atoms with Crippen molar-refractivity contribution in [2.75, 3.05) is 19.8 Å². The first kappa shape index (κ1) is 12.9. The highest BCUT2D eigenvalue weighted by atomic mass is 16.5. The first-order valence-corrected chi connectivity index (χ1v) is 5.29. The lowest BCUT2D eigenvalue weighted by atomic mass is 9.94. The maximum Gasteiger partial charge on any atom is 0.0529 e. The van der Waals surface area contributed by atoms with Gasteiger partial charge in [0.25, 0.3) is 0 Å². The summed E-state index contributed by atoms with van der Waals surface area (Å²) in [4.78, 5) is 0. The average molecular weight is 187 g/mol. The fourth-order valence-corrected chi connectivity index (χ4v) is 1.02. The third kappa shape index (κ3) is 8.26.